The fourth-order valence-corrected chi connectivity index (χ4v) is 5.94. The molecular formula is C26H30N4OS. The molecule has 6 heteroatoms. The Hall–Kier alpha value is -2.57. The van der Waals surface area contributed by atoms with Crippen LogP contribution in [0.1, 0.15) is 30.0 Å². The van der Waals surface area contributed by atoms with Crippen molar-refractivity contribution < 1.29 is 4.74 Å². The minimum Gasteiger partial charge on any atom is -0.477 e. The van der Waals surface area contributed by atoms with E-state index in [0.29, 0.717) is 12.5 Å². The van der Waals surface area contributed by atoms with Crippen LogP contribution in [-0.2, 0) is 13.0 Å². The molecule has 0 bridgehead atoms. The number of nitrogens with one attached hydrogen (secondary N) is 1. The largest absolute Gasteiger partial charge is 0.477 e. The maximum Gasteiger partial charge on any atom is 0.233 e. The van der Waals surface area contributed by atoms with Crippen LogP contribution in [0.25, 0.3) is 11.3 Å². The monoisotopic (exact) mass is 446 g/mol. The zero-order valence-electron chi connectivity index (χ0n) is 18.8. The van der Waals surface area contributed by atoms with Crippen LogP contribution in [0.3, 0.4) is 0 Å². The van der Waals surface area contributed by atoms with Gasteiger partial charge in [0.25, 0.3) is 0 Å². The normalized spacial score (nSPS) is 18.4. The molecule has 0 aliphatic carbocycles. The Labute approximate surface area is 194 Å². The fraction of sp³-hybridized carbons (Fsp3) is 0.385. The summed E-state index contributed by atoms with van der Waals surface area (Å²) >= 11 is 2.10. The van der Waals surface area contributed by atoms with Crippen LogP contribution in [0, 0.1) is 6.92 Å². The summed E-state index contributed by atoms with van der Waals surface area (Å²) in [5.74, 6) is 3.15. The number of rotatable bonds is 6. The van der Waals surface area contributed by atoms with Crippen LogP contribution in [0.4, 0.5) is 11.4 Å². The van der Waals surface area contributed by atoms with Gasteiger partial charge in [-0.25, -0.2) is 0 Å². The molecular weight excluding hydrogens is 416 g/mol. The molecule has 0 unspecified atom stereocenters. The van der Waals surface area contributed by atoms with Crippen LogP contribution in [0.5, 0.6) is 5.88 Å². The van der Waals surface area contributed by atoms with E-state index < -0.39 is 0 Å². The average molecular weight is 447 g/mol. The van der Waals surface area contributed by atoms with Crippen molar-refractivity contribution in [3.05, 3.63) is 65.2 Å². The first-order valence-corrected chi connectivity index (χ1v) is 12.6. The molecule has 32 heavy (non-hydrogen) atoms. The van der Waals surface area contributed by atoms with Crippen molar-refractivity contribution in [1.82, 2.24) is 15.1 Å². The van der Waals surface area contributed by atoms with Gasteiger partial charge in [0, 0.05) is 47.9 Å². The number of nitrogens with zero attached hydrogens (tertiary/aromatic N) is 3. The number of benzene rings is 2. The highest BCUT2D eigenvalue weighted by molar-refractivity contribution is 7.99. The van der Waals surface area contributed by atoms with Gasteiger partial charge in [0.05, 0.1) is 12.3 Å². The first-order valence-electron chi connectivity index (χ1n) is 11.5. The van der Waals surface area contributed by atoms with E-state index in [4.69, 9.17) is 4.74 Å². The van der Waals surface area contributed by atoms with E-state index in [1.54, 1.807) is 0 Å². The van der Waals surface area contributed by atoms with Gasteiger partial charge in [-0.15, -0.1) is 10.2 Å². The van der Waals surface area contributed by atoms with Gasteiger partial charge in [0.2, 0.25) is 5.88 Å². The third kappa shape index (κ3) is 4.48. The maximum absolute atomic E-state index is 5.43. The van der Waals surface area contributed by atoms with E-state index in [2.05, 4.69) is 75.5 Å². The van der Waals surface area contributed by atoms with E-state index in [1.807, 2.05) is 19.1 Å². The molecule has 0 saturated carbocycles. The Bertz CT molecular complexity index is 1080. The van der Waals surface area contributed by atoms with Crippen LogP contribution >= 0.6 is 11.8 Å². The van der Waals surface area contributed by atoms with Crippen molar-refractivity contribution in [2.45, 2.75) is 39.3 Å². The molecule has 2 aliphatic heterocycles. The van der Waals surface area contributed by atoms with E-state index in [9.17, 15) is 0 Å². The zero-order valence-corrected chi connectivity index (χ0v) is 19.6. The second kappa shape index (κ2) is 9.51. The molecule has 1 atom stereocenters. The number of ether oxygens (including phenoxy) is 1. The average Bonchev–Trinajstić information content (AvgIpc) is 3.36. The first kappa shape index (κ1) is 21.3. The Morgan fingerprint density at radius 2 is 2.09 bits per heavy atom. The Kier molecular flexibility index (Phi) is 6.32. The SMILES string of the molecule is CCOc1ccc(-c2cc(Nc3cccc4c3CCN([C@@H]3CCSC3)C4)ccc2C)nn1. The van der Waals surface area contributed by atoms with Gasteiger partial charge in [0.15, 0.2) is 0 Å². The molecule has 1 aromatic heterocycles. The van der Waals surface area contributed by atoms with Gasteiger partial charge in [-0.3, -0.25) is 4.90 Å². The van der Waals surface area contributed by atoms with Gasteiger partial charge in [0.1, 0.15) is 0 Å². The molecule has 3 heterocycles. The molecule has 5 nitrogen and oxygen atoms in total. The molecule has 5 rings (SSSR count). The van der Waals surface area contributed by atoms with Crippen LogP contribution in [0.2, 0.25) is 0 Å². The number of fused-ring (bicyclic) bond motifs is 1. The summed E-state index contributed by atoms with van der Waals surface area (Å²) in [5.41, 5.74) is 8.32. The summed E-state index contributed by atoms with van der Waals surface area (Å²) in [6.45, 7) is 6.86. The smallest absolute Gasteiger partial charge is 0.233 e. The van der Waals surface area contributed by atoms with E-state index in [0.717, 1.165) is 42.5 Å². The van der Waals surface area contributed by atoms with Crippen LogP contribution in [-0.4, -0.2) is 45.8 Å². The molecule has 0 amide bonds. The number of thioether (sulfide) groups is 1. The van der Waals surface area contributed by atoms with E-state index in [1.165, 1.54) is 40.3 Å². The lowest BCUT2D eigenvalue weighted by Crippen LogP contribution is -2.39. The van der Waals surface area contributed by atoms with Crippen molar-refractivity contribution in [2.24, 2.45) is 0 Å². The molecule has 2 aliphatic rings. The third-order valence-electron chi connectivity index (χ3n) is 6.44. The molecule has 0 spiro atoms. The van der Waals surface area contributed by atoms with Crippen molar-refractivity contribution >= 4 is 23.1 Å². The summed E-state index contributed by atoms with van der Waals surface area (Å²) in [7, 11) is 0. The number of hydrogen-bond acceptors (Lipinski definition) is 6. The third-order valence-corrected chi connectivity index (χ3v) is 7.59. The molecule has 3 aromatic rings. The topological polar surface area (TPSA) is 50.3 Å². The van der Waals surface area contributed by atoms with E-state index in [-0.39, 0.29) is 0 Å². The second-order valence-corrected chi connectivity index (χ2v) is 9.68. The Morgan fingerprint density at radius 3 is 2.88 bits per heavy atom. The zero-order chi connectivity index (χ0) is 21.9. The number of aryl methyl sites for hydroxylation is 1. The summed E-state index contributed by atoms with van der Waals surface area (Å²) in [4.78, 5) is 2.68. The molecule has 1 saturated heterocycles. The lowest BCUT2D eigenvalue weighted by atomic mass is 9.96. The van der Waals surface area contributed by atoms with Gasteiger partial charge in [-0.2, -0.15) is 11.8 Å². The van der Waals surface area contributed by atoms with Crippen LogP contribution in [0.15, 0.2) is 48.5 Å². The second-order valence-electron chi connectivity index (χ2n) is 8.53. The molecule has 0 radical (unpaired) electrons. The minimum absolute atomic E-state index is 0.560. The lowest BCUT2D eigenvalue weighted by Gasteiger charge is -2.34. The predicted molar refractivity (Wildman–Crippen MR) is 133 cm³/mol. The Morgan fingerprint density at radius 1 is 1.16 bits per heavy atom. The predicted octanol–water partition coefficient (Wildman–Crippen LogP) is 5.46. The molecule has 166 valence electrons. The van der Waals surface area contributed by atoms with Crippen molar-refractivity contribution in [3.63, 3.8) is 0 Å². The summed E-state index contributed by atoms with van der Waals surface area (Å²) in [6.07, 6.45) is 2.43. The highest BCUT2D eigenvalue weighted by Crippen LogP contribution is 2.33. The van der Waals surface area contributed by atoms with E-state index >= 15 is 0 Å². The van der Waals surface area contributed by atoms with Gasteiger partial charge >= 0.3 is 0 Å². The molecule has 1 N–H and O–H groups in total. The van der Waals surface area contributed by atoms with Gasteiger partial charge < -0.3 is 10.1 Å². The fourth-order valence-electron chi connectivity index (χ4n) is 4.69. The highest BCUT2D eigenvalue weighted by Gasteiger charge is 2.27. The maximum atomic E-state index is 5.43. The van der Waals surface area contributed by atoms with Crippen LogP contribution < -0.4 is 10.1 Å². The van der Waals surface area contributed by atoms with Crippen molar-refractivity contribution in [1.29, 1.82) is 0 Å². The quantitative estimate of drug-likeness (QED) is 0.543. The van der Waals surface area contributed by atoms with Crippen molar-refractivity contribution in [3.8, 4) is 17.1 Å². The lowest BCUT2D eigenvalue weighted by molar-refractivity contribution is 0.195. The minimum atomic E-state index is 0.560. The number of anilines is 2. The Balaban J connectivity index is 1.37. The van der Waals surface area contributed by atoms with Crippen molar-refractivity contribution in [2.75, 3.05) is 30.0 Å². The standard InChI is InChI=1S/C26H30N4OS/c1-3-31-26-10-9-25(28-29-26)23-15-20(8-7-18(23)2)27-24-6-4-5-19-16-30(13-11-22(19)24)21-12-14-32-17-21/h4-10,15,21,27H,3,11-14,16-17H2,1-2H3/t21-/m1/s1. The molecule has 2 aromatic carbocycles. The number of hydrogen-bond donors (Lipinski definition) is 1. The highest BCUT2D eigenvalue weighted by atomic mass is 32.2. The van der Waals surface area contributed by atoms with Gasteiger partial charge in [-0.05, 0) is 73.4 Å². The number of aromatic nitrogens is 2. The van der Waals surface area contributed by atoms with Gasteiger partial charge in [-0.1, -0.05) is 18.2 Å². The summed E-state index contributed by atoms with van der Waals surface area (Å²) in [6, 6.07) is 17.7. The molecule has 1 fully saturated rings. The summed E-state index contributed by atoms with van der Waals surface area (Å²) in [5, 5.41) is 12.3. The summed E-state index contributed by atoms with van der Waals surface area (Å²) < 4.78 is 5.43. The first-order chi connectivity index (χ1) is 15.7.